The van der Waals surface area contributed by atoms with Crippen molar-refractivity contribution in [3.63, 3.8) is 0 Å². The smallest absolute Gasteiger partial charge is 0.321 e. The third-order valence-corrected chi connectivity index (χ3v) is 2.12. The molecule has 90 valence electrons. The highest BCUT2D eigenvalue weighted by Gasteiger charge is 2.15. The van der Waals surface area contributed by atoms with E-state index in [-0.39, 0.29) is 18.2 Å². The summed E-state index contributed by atoms with van der Waals surface area (Å²) in [5.41, 5.74) is 0.890. The summed E-state index contributed by atoms with van der Waals surface area (Å²) in [5, 5.41) is 20.9. The molecule has 0 fully saturated rings. The summed E-state index contributed by atoms with van der Waals surface area (Å²) >= 11 is 0. The summed E-state index contributed by atoms with van der Waals surface area (Å²) in [5.74, 6) is -0.668. The molecule has 0 amide bonds. The molecule has 0 aliphatic carbocycles. The Balaban J connectivity index is 0.00000225. The van der Waals surface area contributed by atoms with Crippen LogP contribution in [0.1, 0.15) is 12.5 Å². The average molecular weight is 246 g/mol. The van der Waals surface area contributed by atoms with Crippen LogP contribution in [-0.4, -0.2) is 28.8 Å². The Morgan fingerprint density at radius 1 is 1.38 bits per heavy atom. The van der Waals surface area contributed by atoms with E-state index in [1.807, 2.05) is 6.92 Å². The van der Waals surface area contributed by atoms with Gasteiger partial charge in [0.2, 0.25) is 0 Å². The molecule has 1 aromatic rings. The first-order valence-electron chi connectivity index (χ1n) is 4.87. The minimum Gasteiger partial charge on any atom is -0.508 e. The SMILES string of the molecule is CCN[C@@H](Cc1ccc(O)cc1)C(=O)O.Cl. The molecule has 4 nitrogen and oxygen atoms in total. The van der Waals surface area contributed by atoms with Gasteiger partial charge in [0.05, 0.1) is 0 Å². The molecule has 0 unspecified atom stereocenters. The van der Waals surface area contributed by atoms with Gasteiger partial charge in [0.1, 0.15) is 11.8 Å². The summed E-state index contributed by atoms with van der Waals surface area (Å²) in [6.07, 6.45) is 0.420. The van der Waals surface area contributed by atoms with Crippen molar-refractivity contribution in [2.45, 2.75) is 19.4 Å². The molecule has 3 N–H and O–H groups in total. The van der Waals surface area contributed by atoms with Crippen molar-refractivity contribution in [1.29, 1.82) is 0 Å². The van der Waals surface area contributed by atoms with Crippen LogP contribution in [0.3, 0.4) is 0 Å². The average Bonchev–Trinajstić information content (AvgIpc) is 2.20. The zero-order valence-corrected chi connectivity index (χ0v) is 9.83. The number of aliphatic carboxylic acids is 1. The largest absolute Gasteiger partial charge is 0.508 e. The van der Waals surface area contributed by atoms with Gasteiger partial charge < -0.3 is 15.5 Å². The number of hydrogen-bond donors (Lipinski definition) is 3. The van der Waals surface area contributed by atoms with Crippen LogP contribution in [0.25, 0.3) is 0 Å². The molecule has 0 bridgehead atoms. The van der Waals surface area contributed by atoms with E-state index in [4.69, 9.17) is 10.2 Å². The van der Waals surface area contributed by atoms with Crippen molar-refractivity contribution in [1.82, 2.24) is 5.32 Å². The molecule has 1 atom stereocenters. The number of nitrogens with one attached hydrogen (secondary N) is 1. The first kappa shape index (κ1) is 14.7. The van der Waals surface area contributed by atoms with Crippen LogP contribution < -0.4 is 5.32 Å². The fourth-order valence-corrected chi connectivity index (χ4v) is 1.36. The molecule has 0 spiro atoms. The summed E-state index contributed by atoms with van der Waals surface area (Å²) < 4.78 is 0. The van der Waals surface area contributed by atoms with Crippen LogP contribution in [0.15, 0.2) is 24.3 Å². The number of aromatic hydroxyl groups is 1. The Bertz CT molecular complexity index is 327. The normalized spacial score (nSPS) is 11.6. The van der Waals surface area contributed by atoms with E-state index < -0.39 is 12.0 Å². The van der Waals surface area contributed by atoms with E-state index >= 15 is 0 Å². The summed E-state index contributed by atoms with van der Waals surface area (Å²) in [4.78, 5) is 10.8. The predicted molar refractivity (Wildman–Crippen MR) is 64.2 cm³/mol. The lowest BCUT2D eigenvalue weighted by Gasteiger charge is -2.12. The molecular weight excluding hydrogens is 230 g/mol. The molecule has 0 radical (unpaired) electrons. The lowest BCUT2D eigenvalue weighted by atomic mass is 10.1. The molecule has 0 aliphatic heterocycles. The van der Waals surface area contributed by atoms with Crippen LogP contribution in [0.2, 0.25) is 0 Å². The lowest BCUT2D eigenvalue weighted by Crippen LogP contribution is -2.38. The van der Waals surface area contributed by atoms with Gasteiger partial charge in [-0.2, -0.15) is 0 Å². The Hall–Kier alpha value is -1.26. The molecule has 0 aromatic heterocycles. The number of likely N-dealkylation sites (N-methyl/N-ethyl adjacent to an activating group) is 1. The number of carboxylic acids is 1. The molecular formula is C11H16ClNO3. The van der Waals surface area contributed by atoms with Crippen LogP contribution in [0.5, 0.6) is 5.75 Å². The van der Waals surface area contributed by atoms with E-state index in [9.17, 15) is 4.79 Å². The second-order valence-corrected chi connectivity index (χ2v) is 3.32. The Morgan fingerprint density at radius 3 is 2.38 bits per heavy atom. The fourth-order valence-electron chi connectivity index (χ4n) is 1.36. The van der Waals surface area contributed by atoms with Gasteiger partial charge >= 0.3 is 5.97 Å². The van der Waals surface area contributed by atoms with Crippen molar-refractivity contribution in [3.8, 4) is 5.75 Å². The highest BCUT2D eigenvalue weighted by Crippen LogP contribution is 2.11. The first-order valence-corrected chi connectivity index (χ1v) is 4.87. The third-order valence-electron chi connectivity index (χ3n) is 2.12. The van der Waals surface area contributed by atoms with Crippen molar-refractivity contribution in [2.24, 2.45) is 0 Å². The van der Waals surface area contributed by atoms with Gasteiger partial charge in [-0.3, -0.25) is 4.79 Å². The molecule has 0 saturated carbocycles. The van der Waals surface area contributed by atoms with E-state index in [0.717, 1.165) is 5.56 Å². The molecule has 0 heterocycles. The summed E-state index contributed by atoms with van der Waals surface area (Å²) in [6.45, 7) is 2.49. The van der Waals surface area contributed by atoms with E-state index in [2.05, 4.69) is 5.32 Å². The number of carbonyl (C=O) groups is 1. The number of rotatable bonds is 5. The Kier molecular flexibility index (Phi) is 6.53. The zero-order chi connectivity index (χ0) is 11.3. The number of benzene rings is 1. The van der Waals surface area contributed by atoms with Crippen molar-refractivity contribution < 1.29 is 15.0 Å². The molecule has 0 aliphatic rings. The standard InChI is InChI=1S/C11H15NO3.ClH/c1-2-12-10(11(14)15)7-8-3-5-9(13)6-4-8;/h3-6,10,12-13H,2,7H2,1H3,(H,14,15);1H/t10-;/m0./s1. The van der Waals surface area contributed by atoms with Crippen LogP contribution in [0, 0.1) is 0 Å². The zero-order valence-electron chi connectivity index (χ0n) is 9.01. The molecule has 5 heteroatoms. The number of phenolic OH excluding ortho intramolecular Hbond substituents is 1. The van der Waals surface area contributed by atoms with Gasteiger partial charge in [0.15, 0.2) is 0 Å². The highest BCUT2D eigenvalue weighted by molar-refractivity contribution is 5.85. The Labute approximate surface area is 101 Å². The topological polar surface area (TPSA) is 69.6 Å². The number of hydrogen-bond acceptors (Lipinski definition) is 3. The van der Waals surface area contributed by atoms with Crippen molar-refractivity contribution >= 4 is 18.4 Å². The summed E-state index contributed by atoms with van der Waals surface area (Å²) in [6, 6.07) is 5.99. The van der Waals surface area contributed by atoms with Crippen LogP contribution in [0.4, 0.5) is 0 Å². The lowest BCUT2D eigenvalue weighted by molar-refractivity contribution is -0.139. The van der Waals surface area contributed by atoms with Crippen molar-refractivity contribution in [2.75, 3.05) is 6.54 Å². The minimum absolute atomic E-state index is 0. The van der Waals surface area contributed by atoms with Crippen LogP contribution >= 0.6 is 12.4 Å². The van der Waals surface area contributed by atoms with Gasteiger partial charge in [-0.1, -0.05) is 19.1 Å². The fraction of sp³-hybridized carbons (Fsp3) is 0.364. The quantitative estimate of drug-likeness (QED) is 0.734. The van der Waals surface area contributed by atoms with Gasteiger partial charge in [-0.05, 0) is 30.7 Å². The van der Waals surface area contributed by atoms with E-state index in [1.54, 1.807) is 24.3 Å². The number of phenols is 1. The predicted octanol–water partition coefficient (Wildman–Crippen LogP) is 1.42. The molecule has 16 heavy (non-hydrogen) atoms. The van der Waals surface area contributed by atoms with Gasteiger partial charge in [-0.25, -0.2) is 0 Å². The molecule has 0 saturated heterocycles. The second kappa shape index (κ2) is 7.09. The van der Waals surface area contributed by atoms with E-state index in [0.29, 0.717) is 13.0 Å². The van der Waals surface area contributed by atoms with Gasteiger partial charge in [0.25, 0.3) is 0 Å². The third kappa shape index (κ3) is 4.51. The van der Waals surface area contributed by atoms with Gasteiger partial charge in [0, 0.05) is 0 Å². The van der Waals surface area contributed by atoms with Crippen LogP contribution in [-0.2, 0) is 11.2 Å². The molecule has 1 rings (SSSR count). The highest BCUT2D eigenvalue weighted by atomic mass is 35.5. The van der Waals surface area contributed by atoms with E-state index in [1.165, 1.54) is 0 Å². The Morgan fingerprint density at radius 2 is 1.94 bits per heavy atom. The number of carboxylic acid groups (broad SMARTS) is 1. The van der Waals surface area contributed by atoms with Crippen molar-refractivity contribution in [3.05, 3.63) is 29.8 Å². The summed E-state index contributed by atoms with van der Waals surface area (Å²) in [7, 11) is 0. The maximum Gasteiger partial charge on any atom is 0.321 e. The number of halogens is 1. The maximum absolute atomic E-state index is 10.8. The second-order valence-electron chi connectivity index (χ2n) is 3.32. The monoisotopic (exact) mass is 245 g/mol. The molecule has 1 aromatic carbocycles. The van der Waals surface area contributed by atoms with Gasteiger partial charge in [-0.15, -0.1) is 12.4 Å². The minimum atomic E-state index is -0.857. The first-order chi connectivity index (χ1) is 7.13. The maximum atomic E-state index is 10.8.